The van der Waals surface area contributed by atoms with Crippen LogP contribution in [-0.2, 0) is 11.3 Å². The zero-order chi connectivity index (χ0) is 20.4. The molecule has 0 aromatic carbocycles. The lowest BCUT2D eigenvalue weighted by Crippen LogP contribution is -2.28. The topological polar surface area (TPSA) is 93.0 Å². The van der Waals surface area contributed by atoms with Gasteiger partial charge in [0.1, 0.15) is 0 Å². The fourth-order valence-electron chi connectivity index (χ4n) is 3.77. The van der Waals surface area contributed by atoms with Crippen molar-refractivity contribution in [1.82, 2.24) is 30.0 Å². The maximum Gasteiger partial charge on any atom is 0.255 e. The second-order valence-corrected chi connectivity index (χ2v) is 7.39. The average Bonchev–Trinajstić information content (AvgIpc) is 3.33. The predicted octanol–water partition coefficient (Wildman–Crippen LogP) is 1.90. The minimum Gasteiger partial charge on any atom is -0.354 e. The van der Waals surface area contributed by atoms with Gasteiger partial charge in [0.15, 0.2) is 5.65 Å². The summed E-state index contributed by atoms with van der Waals surface area (Å²) in [5, 5.41) is 8.60. The molecule has 3 aromatic rings. The van der Waals surface area contributed by atoms with Crippen LogP contribution in [0.15, 0.2) is 36.7 Å². The number of hydrogen-bond acceptors (Lipinski definition) is 5. The number of aryl methyl sites for hydroxylation is 1. The number of rotatable bonds is 5. The van der Waals surface area contributed by atoms with Gasteiger partial charge in [0.2, 0.25) is 5.91 Å². The van der Waals surface area contributed by atoms with Crippen molar-refractivity contribution in [1.29, 1.82) is 0 Å². The molecule has 1 atom stereocenters. The summed E-state index contributed by atoms with van der Waals surface area (Å²) in [6, 6.07) is 7.61. The van der Waals surface area contributed by atoms with Gasteiger partial charge in [-0.05, 0) is 37.6 Å². The van der Waals surface area contributed by atoms with E-state index >= 15 is 0 Å². The molecule has 0 unspecified atom stereocenters. The summed E-state index contributed by atoms with van der Waals surface area (Å²) in [7, 11) is 0. The van der Waals surface area contributed by atoms with Gasteiger partial charge >= 0.3 is 0 Å². The number of nitrogens with zero attached hydrogens (tertiary/aromatic N) is 5. The highest BCUT2D eigenvalue weighted by Crippen LogP contribution is 2.31. The summed E-state index contributed by atoms with van der Waals surface area (Å²) >= 11 is 0. The Morgan fingerprint density at radius 2 is 2.10 bits per heavy atom. The lowest BCUT2D eigenvalue weighted by atomic mass is 10.0. The van der Waals surface area contributed by atoms with Crippen molar-refractivity contribution in [3.63, 3.8) is 0 Å². The molecule has 0 saturated carbocycles. The van der Waals surface area contributed by atoms with Crippen molar-refractivity contribution in [3.8, 4) is 0 Å². The van der Waals surface area contributed by atoms with Crippen molar-refractivity contribution in [2.75, 3.05) is 19.6 Å². The zero-order valence-electron chi connectivity index (χ0n) is 16.6. The number of likely N-dealkylation sites (tertiary alicyclic amines) is 1. The maximum atomic E-state index is 12.8. The second kappa shape index (κ2) is 7.98. The van der Waals surface area contributed by atoms with E-state index in [0.29, 0.717) is 31.7 Å². The van der Waals surface area contributed by atoms with Crippen molar-refractivity contribution < 1.29 is 9.59 Å². The first-order valence-corrected chi connectivity index (χ1v) is 9.80. The van der Waals surface area contributed by atoms with Crippen LogP contribution >= 0.6 is 0 Å². The van der Waals surface area contributed by atoms with E-state index in [1.807, 2.05) is 40.8 Å². The molecule has 3 aromatic heterocycles. The average molecular weight is 392 g/mol. The van der Waals surface area contributed by atoms with Crippen LogP contribution in [0, 0.1) is 6.92 Å². The van der Waals surface area contributed by atoms with Crippen LogP contribution in [0.25, 0.3) is 11.0 Å². The van der Waals surface area contributed by atoms with E-state index in [1.54, 1.807) is 12.4 Å². The molecule has 1 N–H and O–H groups in total. The Bertz CT molecular complexity index is 1040. The molecular weight excluding hydrogens is 368 g/mol. The molecular formula is C21H24N6O2. The third kappa shape index (κ3) is 3.96. The van der Waals surface area contributed by atoms with Crippen molar-refractivity contribution in [3.05, 3.63) is 53.6 Å². The summed E-state index contributed by atoms with van der Waals surface area (Å²) in [6.07, 6.45) is 4.25. The lowest BCUT2D eigenvalue weighted by Gasteiger charge is -2.16. The largest absolute Gasteiger partial charge is 0.354 e. The molecule has 1 fully saturated rings. The normalized spacial score (nSPS) is 16.3. The number of aromatic nitrogens is 4. The smallest absolute Gasteiger partial charge is 0.255 e. The number of carbonyl (C=O) groups excluding carboxylic acids is 2. The fourth-order valence-corrected chi connectivity index (χ4v) is 3.77. The highest BCUT2D eigenvalue weighted by molar-refractivity contribution is 5.94. The second-order valence-electron chi connectivity index (χ2n) is 7.39. The van der Waals surface area contributed by atoms with E-state index < -0.39 is 0 Å². The summed E-state index contributed by atoms with van der Waals surface area (Å²) < 4.78 is 1.84. The van der Waals surface area contributed by atoms with Crippen molar-refractivity contribution in [2.24, 2.45) is 0 Å². The van der Waals surface area contributed by atoms with Gasteiger partial charge in [0.05, 0.1) is 17.8 Å². The van der Waals surface area contributed by atoms with E-state index in [2.05, 4.69) is 15.3 Å². The lowest BCUT2D eigenvalue weighted by molar-refractivity contribution is -0.118. The van der Waals surface area contributed by atoms with Gasteiger partial charge in [-0.3, -0.25) is 14.6 Å². The highest BCUT2D eigenvalue weighted by atomic mass is 16.2. The van der Waals surface area contributed by atoms with Gasteiger partial charge in [0, 0.05) is 55.9 Å². The third-order valence-corrected chi connectivity index (χ3v) is 5.25. The van der Waals surface area contributed by atoms with Crippen LogP contribution in [0.3, 0.4) is 0 Å². The van der Waals surface area contributed by atoms with E-state index in [1.165, 1.54) is 6.92 Å². The predicted molar refractivity (Wildman–Crippen MR) is 108 cm³/mol. The van der Waals surface area contributed by atoms with Gasteiger partial charge in [-0.1, -0.05) is 0 Å². The Hall–Kier alpha value is -3.29. The third-order valence-electron chi connectivity index (χ3n) is 5.25. The maximum absolute atomic E-state index is 12.8. The standard InChI is InChI=1S/C21H24N6O2/c1-14-5-6-16(12-24-14)21(29)26-10-7-17(13-26)19-18-4-3-8-23-20(18)27(25-19)11-9-22-15(2)28/h3-6,8,12,17H,7,9-11,13H2,1-2H3,(H,22,28)/t17-/m0/s1. The minimum absolute atomic E-state index is 0.00696. The van der Waals surface area contributed by atoms with Gasteiger partial charge in [-0.25, -0.2) is 9.67 Å². The summed E-state index contributed by atoms with van der Waals surface area (Å²) in [5.74, 6) is 0.101. The van der Waals surface area contributed by atoms with Gasteiger partial charge in [0.25, 0.3) is 5.91 Å². The molecule has 1 aliphatic heterocycles. The van der Waals surface area contributed by atoms with E-state index in [0.717, 1.165) is 28.8 Å². The SMILES string of the molecule is CC(=O)NCCn1nc([C@H]2CCN(C(=O)c3ccc(C)nc3)C2)c2cccnc21. The fraction of sp³-hybridized carbons (Fsp3) is 0.381. The van der Waals surface area contributed by atoms with Crippen LogP contribution < -0.4 is 5.32 Å². The van der Waals surface area contributed by atoms with E-state index in [4.69, 9.17) is 5.10 Å². The summed E-state index contributed by atoms with van der Waals surface area (Å²) in [6.45, 7) is 5.77. The molecule has 8 heteroatoms. The van der Waals surface area contributed by atoms with Crippen LogP contribution in [0.4, 0.5) is 0 Å². The van der Waals surface area contributed by atoms with Crippen LogP contribution in [0.5, 0.6) is 0 Å². The molecule has 150 valence electrons. The van der Waals surface area contributed by atoms with Crippen molar-refractivity contribution in [2.45, 2.75) is 32.7 Å². The number of amides is 2. The van der Waals surface area contributed by atoms with Crippen LogP contribution in [0.1, 0.15) is 41.0 Å². The van der Waals surface area contributed by atoms with E-state index in [9.17, 15) is 9.59 Å². The first kappa shape index (κ1) is 19.0. The number of fused-ring (bicyclic) bond motifs is 1. The molecule has 4 rings (SSSR count). The number of carbonyl (C=O) groups is 2. The Morgan fingerprint density at radius 1 is 1.24 bits per heavy atom. The first-order chi connectivity index (χ1) is 14.0. The number of pyridine rings is 2. The first-order valence-electron chi connectivity index (χ1n) is 9.80. The van der Waals surface area contributed by atoms with Gasteiger partial charge in [-0.15, -0.1) is 0 Å². The van der Waals surface area contributed by atoms with Gasteiger partial charge < -0.3 is 10.2 Å². The van der Waals surface area contributed by atoms with Gasteiger partial charge in [-0.2, -0.15) is 5.10 Å². The zero-order valence-corrected chi connectivity index (χ0v) is 16.6. The highest BCUT2D eigenvalue weighted by Gasteiger charge is 2.31. The molecule has 29 heavy (non-hydrogen) atoms. The molecule has 0 radical (unpaired) electrons. The molecule has 2 amide bonds. The van der Waals surface area contributed by atoms with E-state index in [-0.39, 0.29) is 17.7 Å². The molecule has 0 aliphatic carbocycles. The Morgan fingerprint density at radius 3 is 2.86 bits per heavy atom. The summed E-state index contributed by atoms with van der Waals surface area (Å²) in [5.41, 5.74) is 3.28. The Labute approximate surface area is 168 Å². The van der Waals surface area contributed by atoms with Crippen molar-refractivity contribution >= 4 is 22.8 Å². The van der Waals surface area contributed by atoms with Crippen LogP contribution in [0.2, 0.25) is 0 Å². The molecule has 4 heterocycles. The number of hydrogen-bond donors (Lipinski definition) is 1. The molecule has 0 spiro atoms. The molecule has 1 aliphatic rings. The Balaban J connectivity index is 1.53. The quantitative estimate of drug-likeness (QED) is 0.716. The minimum atomic E-state index is -0.0646. The Kier molecular flexibility index (Phi) is 5.24. The number of nitrogens with one attached hydrogen (secondary N) is 1. The molecule has 0 bridgehead atoms. The van der Waals surface area contributed by atoms with Crippen LogP contribution in [-0.4, -0.2) is 56.1 Å². The summed E-state index contributed by atoms with van der Waals surface area (Å²) in [4.78, 5) is 34.5. The molecule has 1 saturated heterocycles. The molecule has 8 nitrogen and oxygen atoms in total. The monoisotopic (exact) mass is 392 g/mol.